The van der Waals surface area contributed by atoms with Crippen LogP contribution in [0.2, 0.25) is 0 Å². The number of thiophene rings is 1. The molecule has 0 aromatic carbocycles. The maximum absolute atomic E-state index is 4.44. The monoisotopic (exact) mass is 232 g/mol. The van der Waals surface area contributed by atoms with Crippen LogP contribution in [-0.2, 0) is 0 Å². The van der Waals surface area contributed by atoms with Crippen LogP contribution in [0.25, 0.3) is 0 Å². The smallest absolute Gasteiger partial charge is 0.0847 e. The van der Waals surface area contributed by atoms with Crippen molar-refractivity contribution in [1.29, 1.82) is 0 Å². The molecule has 2 nitrogen and oxygen atoms in total. The third-order valence-electron chi connectivity index (χ3n) is 2.56. The molecule has 0 fully saturated rings. The average Bonchev–Trinajstić information content (AvgIpc) is 2.73. The number of pyridine rings is 1. The second kappa shape index (κ2) is 5.23. The molecule has 16 heavy (non-hydrogen) atoms. The molecular formula is C13H16N2S. The largest absolute Gasteiger partial charge is 0.305 e. The zero-order chi connectivity index (χ0) is 11.4. The van der Waals surface area contributed by atoms with Gasteiger partial charge in [-0.3, -0.25) is 4.98 Å². The Balaban J connectivity index is 2.35. The summed E-state index contributed by atoms with van der Waals surface area (Å²) in [6.45, 7) is 5.22. The fourth-order valence-corrected chi connectivity index (χ4v) is 2.78. The lowest BCUT2D eigenvalue weighted by molar-refractivity contribution is 0.622. The van der Waals surface area contributed by atoms with Crippen LogP contribution in [0.1, 0.15) is 29.1 Å². The molecule has 0 bridgehead atoms. The zero-order valence-electron chi connectivity index (χ0n) is 9.60. The summed E-state index contributed by atoms with van der Waals surface area (Å²) < 4.78 is 0. The first-order valence-corrected chi connectivity index (χ1v) is 6.39. The van der Waals surface area contributed by atoms with Crippen molar-refractivity contribution in [3.8, 4) is 0 Å². The second-order valence-corrected chi connectivity index (χ2v) is 4.66. The van der Waals surface area contributed by atoms with Crippen molar-refractivity contribution in [1.82, 2.24) is 10.3 Å². The highest BCUT2D eigenvalue weighted by molar-refractivity contribution is 7.10. The zero-order valence-corrected chi connectivity index (χ0v) is 10.4. The van der Waals surface area contributed by atoms with Crippen molar-refractivity contribution in [3.05, 3.63) is 52.0 Å². The van der Waals surface area contributed by atoms with Crippen LogP contribution in [0.15, 0.2) is 35.8 Å². The predicted octanol–water partition coefficient (Wildman–Crippen LogP) is 3.15. The molecule has 0 spiro atoms. The quantitative estimate of drug-likeness (QED) is 0.876. The van der Waals surface area contributed by atoms with Crippen molar-refractivity contribution < 1.29 is 0 Å². The van der Waals surface area contributed by atoms with Gasteiger partial charge in [-0.25, -0.2) is 0 Å². The molecule has 0 radical (unpaired) electrons. The van der Waals surface area contributed by atoms with Gasteiger partial charge in [0.25, 0.3) is 0 Å². The fraction of sp³-hybridized carbons (Fsp3) is 0.308. The van der Waals surface area contributed by atoms with Gasteiger partial charge in [0.15, 0.2) is 0 Å². The Morgan fingerprint density at radius 1 is 1.38 bits per heavy atom. The van der Waals surface area contributed by atoms with Gasteiger partial charge < -0.3 is 5.32 Å². The Hall–Kier alpha value is -1.19. The summed E-state index contributed by atoms with van der Waals surface area (Å²) in [6, 6.07) is 8.45. The molecule has 2 aromatic heterocycles. The lowest BCUT2D eigenvalue weighted by Crippen LogP contribution is -2.22. The van der Waals surface area contributed by atoms with E-state index in [0.717, 1.165) is 12.2 Å². The van der Waals surface area contributed by atoms with E-state index in [2.05, 4.69) is 41.7 Å². The van der Waals surface area contributed by atoms with Gasteiger partial charge in [0.1, 0.15) is 0 Å². The number of hydrogen-bond donors (Lipinski definition) is 1. The molecule has 0 aliphatic rings. The minimum atomic E-state index is 0.228. The van der Waals surface area contributed by atoms with Gasteiger partial charge in [-0.05, 0) is 42.6 Å². The molecular weight excluding hydrogens is 216 g/mol. The molecule has 2 heterocycles. The van der Waals surface area contributed by atoms with Crippen LogP contribution < -0.4 is 5.32 Å². The van der Waals surface area contributed by atoms with Gasteiger partial charge >= 0.3 is 0 Å². The van der Waals surface area contributed by atoms with Crippen LogP contribution in [0.4, 0.5) is 0 Å². The van der Waals surface area contributed by atoms with Crippen LogP contribution in [0, 0.1) is 6.92 Å². The SMILES string of the molecule is CCNC(c1ccccn1)c1sccc1C. The first kappa shape index (κ1) is 11.3. The van der Waals surface area contributed by atoms with Crippen LogP contribution >= 0.6 is 11.3 Å². The molecule has 1 N–H and O–H groups in total. The molecule has 84 valence electrons. The number of aromatic nitrogens is 1. The summed E-state index contributed by atoms with van der Waals surface area (Å²) in [4.78, 5) is 5.80. The van der Waals surface area contributed by atoms with Gasteiger partial charge in [0.2, 0.25) is 0 Å². The van der Waals surface area contributed by atoms with E-state index in [1.54, 1.807) is 11.3 Å². The van der Waals surface area contributed by atoms with Gasteiger partial charge in [-0.1, -0.05) is 13.0 Å². The van der Waals surface area contributed by atoms with Gasteiger partial charge in [0, 0.05) is 11.1 Å². The summed E-state index contributed by atoms with van der Waals surface area (Å²) in [5, 5.41) is 5.63. The number of hydrogen-bond acceptors (Lipinski definition) is 3. The van der Waals surface area contributed by atoms with E-state index < -0.39 is 0 Å². The maximum Gasteiger partial charge on any atom is 0.0847 e. The summed E-state index contributed by atoms with van der Waals surface area (Å²) in [5.74, 6) is 0. The molecule has 0 amide bonds. The number of nitrogens with one attached hydrogen (secondary N) is 1. The van der Waals surface area contributed by atoms with Crippen molar-refractivity contribution in [3.63, 3.8) is 0 Å². The first-order valence-electron chi connectivity index (χ1n) is 5.51. The molecule has 0 saturated carbocycles. The van der Waals surface area contributed by atoms with E-state index in [1.807, 2.05) is 18.3 Å². The molecule has 3 heteroatoms. The highest BCUT2D eigenvalue weighted by atomic mass is 32.1. The topological polar surface area (TPSA) is 24.9 Å². The lowest BCUT2D eigenvalue weighted by atomic mass is 10.1. The minimum Gasteiger partial charge on any atom is -0.305 e. The van der Waals surface area contributed by atoms with E-state index in [0.29, 0.717) is 0 Å². The van der Waals surface area contributed by atoms with Gasteiger partial charge in [-0.2, -0.15) is 0 Å². The second-order valence-electron chi connectivity index (χ2n) is 3.71. The summed E-state index contributed by atoms with van der Waals surface area (Å²) in [7, 11) is 0. The molecule has 0 aliphatic carbocycles. The van der Waals surface area contributed by atoms with Crippen molar-refractivity contribution in [2.45, 2.75) is 19.9 Å². The van der Waals surface area contributed by atoms with Crippen molar-refractivity contribution in [2.24, 2.45) is 0 Å². The van der Waals surface area contributed by atoms with E-state index in [-0.39, 0.29) is 6.04 Å². The van der Waals surface area contributed by atoms with Crippen molar-refractivity contribution >= 4 is 11.3 Å². The van der Waals surface area contributed by atoms with Crippen LogP contribution in [-0.4, -0.2) is 11.5 Å². The van der Waals surface area contributed by atoms with E-state index >= 15 is 0 Å². The normalized spacial score (nSPS) is 12.6. The van der Waals surface area contributed by atoms with E-state index in [9.17, 15) is 0 Å². The molecule has 2 aromatic rings. The lowest BCUT2D eigenvalue weighted by Gasteiger charge is -2.16. The Kier molecular flexibility index (Phi) is 3.70. The molecule has 1 atom stereocenters. The van der Waals surface area contributed by atoms with Gasteiger partial charge in [-0.15, -0.1) is 11.3 Å². The number of aryl methyl sites for hydroxylation is 1. The minimum absolute atomic E-state index is 0.228. The maximum atomic E-state index is 4.44. The third kappa shape index (κ3) is 2.31. The van der Waals surface area contributed by atoms with Crippen LogP contribution in [0.3, 0.4) is 0 Å². The van der Waals surface area contributed by atoms with Gasteiger partial charge in [0.05, 0.1) is 11.7 Å². The van der Waals surface area contributed by atoms with E-state index in [1.165, 1.54) is 10.4 Å². The average molecular weight is 232 g/mol. The molecule has 0 saturated heterocycles. The summed E-state index contributed by atoms with van der Waals surface area (Å²) in [6.07, 6.45) is 1.85. The Morgan fingerprint density at radius 3 is 2.81 bits per heavy atom. The first-order chi connectivity index (χ1) is 7.83. The van der Waals surface area contributed by atoms with Crippen LogP contribution in [0.5, 0.6) is 0 Å². The third-order valence-corrected chi connectivity index (χ3v) is 3.64. The summed E-state index contributed by atoms with van der Waals surface area (Å²) in [5.41, 5.74) is 2.43. The molecule has 2 rings (SSSR count). The summed E-state index contributed by atoms with van der Waals surface area (Å²) >= 11 is 1.79. The highest BCUT2D eigenvalue weighted by Gasteiger charge is 2.16. The fourth-order valence-electron chi connectivity index (χ4n) is 1.76. The predicted molar refractivity (Wildman–Crippen MR) is 68.8 cm³/mol. The standard InChI is InChI=1S/C13H16N2S/c1-3-14-12(11-6-4-5-8-15-11)13-10(2)7-9-16-13/h4-9,12,14H,3H2,1-2H3. The Morgan fingerprint density at radius 2 is 2.25 bits per heavy atom. The number of rotatable bonds is 4. The Bertz CT molecular complexity index is 436. The molecule has 1 unspecified atom stereocenters. The molecule has 0 aliphatic heterocycles. The van der Waals surface area contributed by atoms with Crippen molar-refractivity contribution in [2.75, 3.05) is 6.54 Å². The highest BCUT2D eigenvalue weighted by Crippen LogP contribution is 2.27. The Labute approximate surface area is 100 Å². The number of nitrogens with zero attached hydrogens (tertiary/aromatic N) is 1. The van der Waals surface area contributed by atoms with E-state index in [4.69, 9.17) is 0 Å².